The van der Waals surface area contributed by atoms with Gasteiger partial charge in [-0.05, 0) is 45.7 Å². The first-order valence-corrected chi connectivity index (χ1v) is 7.73. The molecule has 1 spiro atoms. The molecule has 1 saturated heterocycles. The monoisotopic (exact) mass is 280 g/mol. The van der Waals surface area contributed by atoms with E-state index in [1.807, 2.05) is 6.92 Å². The lowest BCUT2D eigenvalue weighted by Crippen LogP contribution is -2.57. The van der Waals surface area contributed by atoms with Crippen LogP contribution in [-0.4, -0.2) is 55.2 Å². The van der Waals surface area contributed by atoms with E-state index in [-0.39, 0.29) is 11.6 Å². The minimum Gasteiger partial charge on any atom is -0.463 e. The van der Waals surface area contributed by atoms with E-state index < -0.39 is 0 Å². The third kappa shape index (κ3) is 2.40. The predicted octanol–water partition coefficient (Wildman–Crippen LogP) is 2.12. The van der Waals surface area contributed by atoms with Crippen LogP contribution in [-0.2, 0) is 9.53 Å². The van der Waals surface area contributed by atoms with E-state index in [1.54, 1.807) is 0 Å². The normalized spacial score (nSPS) is 27.1. The molecule has 0 saturated carbocycles. The molecule has 0 N–H and O–H groups in total. The first kappa shape index (κ1) is 15.5. The molecule has 1 fully saturated rings. The third-order valence-electron chi connectivity index (χ3n) is 5.07. The van der Waals surface area contributed by atoms with Gasteiger partial charge < -0.3 is 4.74 Å². The number of nitrogens with zero attached hydrogens (tertiary/aromatic N) is 2. The summed E-state index contributed by atoms with van der Waals surface area (Å²) in [4.78, 5) is 17.0. The van der Waals surface area contributed by atoms with E-state index in [2.05, 4.69) is 43.8 Å². The summed E-state index contributed by atoms with van der Waals surface area (Å²) in [5.41, 5.74) is 0.582. The molecular formula is C16H28N2O2. The minimum absolute atomic E-state index is 0.143. The van der Waals surface area contributed by atoms with Gasteiger partial charge in [0, 0.05) is 13.1 Å². The topological polar surface area (TPSA) is 32.8 Å². The highest BCUT2D eigenvalue weighted by molar-refractivity contribution is 5.91. The van der Waals surface area contributed by atoms with Gasteiger partial charge in [0.05, 0.1) is 12.2 Å². The average molecular weight is 280 g/mol. The third-order valence-corrected chi connectivity index (χ3v) is 5.07. The van der Waals surface area contributed by atoms with Crippen LogP contribution >= 0.6 is 0 Å². The minimum atomic E-state index is -0.264. The molecule has 0 aromatic heterocycles. The molecule has 1 aliphatic heterocycles. The number of allylic oxidation sites excluding steroid dienone is 1. The number of ether oxygens (including phenoxy) is 1. The summed E-state index contributed by atoms with van der Waals surface area (Å²) in [6.45, 7) is 8.85. The van der Waals surface area contributed by atoms with Gasteiger partial charge in [-0.2, -0.15) is 0 Å². The van der Waals surface area contributed by atoms with Crippen LogP contribution in [0, 0.1) is 11.8 Å². The Labute approximate surface area is 122 Å². The molecule has 1 unspecified atom stereocenters. The molecular weight excluding hydrogens is 252 g/mol. The van der Waals surface area contributed by atoms with E-state index in [0.29, 0.717) is 18.4 Å². The maximum atomic E-state index is 12.4. The lowest BCUT2D eigenvalue weighted by molar-refractivity contribution is -0.141. The van der Waals surface area contributed by atoms with Crippen molar-refractivity contribution in [2.24, 2.45) is 11.8 Å². The van der Waals surface area contributed by atoms with Crippen LogP contribution in [0.5, 0.6) is 0 Å². The fraction of sp³-hybridized carbons (Fsp3) is 0.812. The highest BCUT2D eigenvalue weighted by Gasteiger charge is 2.52. The SMILES string of the molecule is CCOC(=O)C1=CCC(C(C)C)CC12N(C)CCN2C. The van der Waals surface area contributed by atoms with Crippen LogP contribution in [0.3, 0.4) is 0 Å². The molecule has 2 rings (SSSR count). The summed E-state index contributed by atoms with van der Waals surface area (Å²) in [6.07, 6.45) is 4.13. The fourth-order valence-corrected chi connectivity index (χ4v) is 3.64. The van der Waals surface area contributed by atoms with E-state index in [4.69, 9.17) is 4.74 Å². The van der Waals surface area contributed by atoms with Crippen molar-refractivity contribution in [1.29, 1.82) is 0 Å². The summed E-state index contributed by atoms with van der Waals surface area (Å²) in [5.74, 6) is 1.11. The Hall–Kier alpha value is -0.870. The maximum Gasteiger partial charge on any atom is 0.336 e. The van der Waals surface area contributed by atoms with Crippen molar-refractivity contribution < 1.29 is 9.53 Å². The van der Waals surface area contributed by atoms with E-state index in [0.717, 1.165) is 31.5 Å². The Morgan fingerprint density at radius 3 is 2.50 bits per heavy atom. The summed E-state index contributed by atoms with van der Waals surface area (Å²) in [7, 11) is 4.25. The van der Waals surface area contributed by atoms with E-state index in [1.165, 1.54) is 0 Å². The second kappa shape index (κ2) is 5.86. The molecule has 114 valence electrons. The maximum absolute atomic E-state index is 12.4. The molecule has 2 aliphatic rings. The van der Waals surface area contributed by atoms with Gasteiger partial charge in [-0.1, -0.05) is 19.9 Å². The van der Waals surface area contributed by atoms with Crippen LogP contribution in [0.25, 0.3) is 0 Å². The zero-order valence-electron chi connectivity index (χ0n) is 13.5. The average Bonchev–Trinajstić information content (AvgIpc) is 2.68. The van der Waals surface area contributed by atoms with Crippen molar-refractivity contribution >= 4 is 5.97 Å². The van der Waals surface area contributed by atoms with Crippen molar-refractivity contribution in [2.45, 2.75) is 39.3 Å². The van der Waals surface area contributed by atoms with Crippen molar-refractivity contribution in [3.63, 3.8) is 0 Å². The van der Waals surface area contributed by atoms with Gasteiger partial charge in [0.15, 0.2) is 0 Å². The van der Waals surface area contributed by atoms with Crippen LogP contribution in [0.2, 0.25) is 0 Å². The van der Waals surface area contributed by atoms with E-state index in [9.17, 15) is 4.79 Å². The number of likely N-dealkylation sites (N-methyl/N-ethyl adjacent to an activating group) is 2. The van der Waals surface area contributed by atoms with Crippen molar-refractivity contribution in [3.8, 4) is 0 Å². The molecule has 1 heterocycles. The van der Waals surface area contributed by atoms with Gasteiger partial charge in [-0.25, -0.2) is 4.79 Å². The number of hydrogen-bond acceptors (Lipinski definition) is 4. The van der Waals surface area contributed by atoms with Gasteiger partial charge >= 0.3 is 5.97 Å². The first-order chi connectivity index (χ1) is 9.43. The second-order valence-electron chi connectivity index (χ2n) is 6.44. The van der Waals surface area contributed by atoms with Crippen LogP contribution in [0.15, 0.2) is 11.6 Å². The molecule has 1 atom stereocenters. The standard InChI is InChI=1S/C16H28N2O2/c1-6-20-15(19)14-8-7-13(12(2)3)11-16(14)17(4)9-10-18(16)5/h8,12-13H,6-7,9-11H2,1-5H3. The lowest BCUT2D eigenvalue weighted by Gasteiger charge is -2.47. The molecule has 0 amide bonds. The van der Waals surface area contributed by atoms with Gasteiger partial charge in [-0.3, -0.25) is 9.80 Å². The Bertz CT molecular complexity index is 393. The molecule has 0 radical (unpaired) electrons. The largest absolute Gasteiger partial charge is 0.463 e. The number of hydrogen-bond donors (Lipinski definition) is 0. The van der Waals surface area contributed by atoms with E-state index >= 15 is 0 Å². The first-order valence-electron chi connectivity index (χ1n) is 7.73. The highest BCUT2D eigenvalue weighted by atomic mass is 16.5. The van der Waals surface area contributed by atoms with Crippen molar-refractivity contribution in [2.75, 3.05) is 33.8 Å². The van der Waals surface area contributed by atoms with Crippen molar-refractivity contribution in [3.05, 3.63) is 11.6 Å². The van der Waals surface area contributed by atoms with Gasteiger partial charge in [0.1, 0.15) is 5.66 Å². The number of esters is 1. The predicted molar refractivity (Wildman–Crippen MR) is 80.3 cm³/mol. The van der Waals surface area contributed by atoms with Crippen LogP contribution in [0.4, 0.5) is 0 Å². The number of rotatable bonds is 3. The fourth-order valence-electron chi connectivity index (χ4n) is 3.64. The Balaban J connectivity index is 2.39. The van der Waals surface area contributed by atoms with Gasteiger partial charge in [-0.15, -0.1) is 0 Å². The summed E-state index contributed by atoms with van der Waals surface area (Å²) >= 11 is 0. The summed E-state index contributed by atoms with van der Waals surface area (Å²) in [5, 5.41) is 0. The zero-order chi connectivity index (χ0) is 14.9. The number of carbonyl (C=O) groups excluding carboxylic acids is 1. The molecule has 0 bridgehead atoms. The van der Waals surface area contributed by atoms with Crippen molar-refractivity contribution in [1.82, 2.24) is 9.80 Å². The Morgan fingerprint density at radius 2 is 2.00 bits per heavy atom. The van der Waals surface area contributed by atoms with Crippen LogP contribution in [0.1, 0.15) is 33.6 Å². The molecule has 4 heteroatoms. The highest BCUT2D eigenvalue weighted by Crippen LogP contribution is 2.44. The molecule has 0 aromatic rings. The molecule has 0 aromatic carbocycles. The Kier molecular flexibility index (Phi) is 4.55. The summed E-state index contributed by atoms with van der Waals surface area (Å²) < 4.78 is 5.30. The number of carbonyl (C=O) groups is 1. The quantitative estimate of drug-likeness (QED) is 0.741. The van der Waals surface area contributed by atoms with Gasteiger partial charge in [0.2, 0.25) is 0 Å². The van der Waals surface area contributed by atoms with Crippen LogP contribution < -0.4 is 0 Å². The molecule has 1 aliphatic carbocycles. The smallest absolute Gasteiger partial charge is 0.336 e. The van der Waals surface area contributed by atoms with Gasteiger partial charge in [0.25, 0.3) is 0 Å². The molecule has 4 nitrogen and oxygen atoms in total. The Morgan fingerprint density at radius 1 is 1.40 bits per heavy atom. The second-order valence-corrected chi connectivity index (χ2v) is 6.44. The lowest BCUT2D eigenvalue weighted by atomic mass is 9.75. The molecule has 20 heavy (non-hydrogen) atoms. The summed E-state index contributed by atoms with van der Waals surface area (Å²) in [6, 6.07) is 0. The zero-order valence-corrected chi connectivity index (χ0v) is 13.5.